The number of benzene rings is 2. The zero-order valence-corrected chi connectivity index (χ0v) is 16.4. The summed E-state index contributed by atoms with van der Waals surface area (Å²) >= 11 is 0. The molecule has 1 fully saturated rings. The van der Waals surface area contributed by atoms with Crippen LogP contribution in [0.1, 0.15) is 12.8 Å². The number of anilines is 1. The van der Waals surface area contributed by atoms with Gasteiger partial charge in [-0.3, -0.25) is 14.3 Å². The van der Waals surface area contributed by atoms with Crippen molar-refractivity contribution in [3.63, 3.8) is 0 Å². The molecule has 1 aliphatic rings. The van der Waals surface area contributed by atoms with E-state index in [9.17, 15) is 18.0 Å². The summed E-state index contributed by atoms with van der Waals surface area (Å²) in [5, 5.41) is 7.23. The molecular weight excluding hydrogens is 392 g/mol. The molecule has 0 bridgehead atoms. The summed E-state index contributed by atoms with van der Waals surface area (Å²) in [6.45, 7) is 0.928. The van der Waals surface area contributed by atoms with Gasteiger partial charge in [0.05, 0.1) is 16.6 Å². The lowest BCUT2D eigenvalue weighted by Crippen LogP contribution is -2.28. The van der Waals surface area contributed by atoms with Crippen molar-refractivity contribution in [1.29, 1.82) is 0 Å². The van der Waals surface area contributed by atoms with Crippen LogP contribution < -0.4 is 10.7 Å². The number of nitrogens with one attached hydrogen (secondary N) is 1. The first-order chi connectivity index (χ1) is 13.9. The third-order valence-electron chi connectivity index (χ3n) is 4.88. The van der Waals surface area contributed by atoms with Gasteiger partial charge < -0.3 is 5.32 Å². The van der Waals surface area contributed by atoms with E-state index < -0.39 is 10.0 Å². The third kappa shape index (κ3) is 3.92. The SMILES string of the molecule is O=C(Cn1ncc(=O)c2ccccc21)Nc1cccc(S(=O)(=O)N2CCCC2)c1. The Labute approximate surface area is 167 Å². The lowest BCUT2D eigenvalue weighted by molar-refractivity contribution is -0.116. The Bertz CT molecular complexity index is 1230. The number of sulfonamides is 1. The van der Waals surface area contributed by atoms with Crippen LogP contribution >= 0.6 is 0 Å². The zero-order chi connectivity index (χ0) is 20.4. The molecule has 4 rings (SSSR count). The van der Waals surface area contributed by atoms with Gasteiger partial charge in [0.25, 0.3) is 0 Å². The van der Waals surface area contributed by atoms with E-state index >= 15 is 0 Å². The van der Waals surface area contributed by atoms with Crippen molar-refractivity contribution in [2.24, 2.45) is 0 Å². The fourth-order valence-electron chi connectivity index (χ4n) is 3.44. The molecule has 0 spiro atoms. The Hall–Kier alpha value is -3.04. The van der Waals surface area contributed by atoms with Crippen LogP contribution in [0.5, 0.6) is 0 Å². The number of rotatable bonds is 5. The normalized spacial score (nSPS) is 14.9. The Morgan fingerprint density at radius 2 is 1.83 bits per heavy atom. The standard InChI is InChI=1S/C20H20N4O4S/c25-19-13-21-24(18-9-2-1-8-17(18)19)14-20(26)22-15-6-5-7-16(12-15)29(27,28)23-10-3-4-11-23/h1-2,5-9,12-13H,3-4,10-11,14H2,(H,22,26). The van der Waals surface area contributed by atoms with Gasteiger partial charge in [-0.1, -0.05) is 18.2 Å². The molecule has 2 aromatic carbocycles. The van der Waals surface area contributed by atoms with Crippen molar-refractivity contribution in [3.8, 4) is 0 Å². The number of amides is 1. The highest BCUT2D eigenvalue weighted by atomic mass is 32.2. The maximum absolute atomic E-state index is 12.7. The highest BCUT2D eigenvalue weighted by molar-refractivity contribution is 7.89. The van der Waals surface area contributed by atoms with E-state index in [2.05, 4.69) is 10.4 Å². The van der Waals surface area contributed by atoms with Gasteiger partial charge in [-0.15, -0.1) is 0 Å². The monoisotopic (exact) mass is 412 g/mol. The molecule has 150 valence electrons. The molecule has 0 atom stereocenters. The number of hydrogen-bond acceptors (Lipinski definition) is 5. The average molecular weight is 412 g/mol. The summed E-state index contributed by atoms with van der Waals surface area (Å²) < 4.78 is 28.3. The van der Waals surface area contributed by atoms with E-state index in [4.69, 9.17) is 0 Å². The molecule has 8 nitrogen and oxygen atoms in total. The fraction of sp³-hybridized carbons (Fsp3) is 0.250. The minimum absolute atomic E-state index is 0.107. The first-order valence-electron chi connectivity index (χ1n) is 9.30. The van der Waals surface area contributed by atoms with E-state index in [1.165, 1.54) is 27.3 Å². The summed E-state index contributed by atoms with van der Waals surface area (Å²) in [6, 6.07) is 13.2. The summed E-state index contributed by atoms with van der Waals surface area (Å²) in [4.78, 5) is 24.6. The van der Waals surface area contributed by atoms with Crippen LogP contribution in [0.15, 0.2) is 64.4 Å². The average Bonchev–Trinajstić information content (AvgIpc) is 3.26. The van der Waals surface area contributed by atoms with Crippen LogP contribution in [0.4, 0.5) is 5.69 Å². The predicted octanol–water partition coefficient (Wildman–Crippen LogP) is 1.82. The minimum Gasteiger partial charge on any atom is -0.324 e. The third-order valence-corrected chi connectivity index (χ3v) is 6.77. The number of carbonyl (C=O) groups is 1. The molecule has 29 heavy (non-hydrogen) atoms. The second-order valence-electron chi connectivity index (χ2n) is 6.87. The lowest BCUT2D eigenvalue weighted by atomic mass is 10.2. The molecule has 1 amide bonds. The quantitative estimate of drug-likeness (QED) is 0.689. The van der Waals surface area contributed by atoms with Gasteiger partial charge >= 0.3 is 0 Å². The Morgan fingerprint density at radius 1 is 1.07 bits per heavy atom. The van der Waals surface area contributed by atoms with Gasteiger partial charge in [-0.05, 0) is 43.2 Å². The number of carbonyl (C=O) groups excluding carboxylic acids is 1. The van der Waals surface area contributed by atoms with Crippen molar-refractivity contribution in [3.05, 3.63) is 65.0 Å². The number of para-hydroxylation sites is 1. The predicted molar refractivity (Wildman–Crippen MR) is 109 cm³/mol. The van der Waals surface area contributed by atoms with Crippen molar-refractivity contribution in [2.75, 3.05) is 18.4 Å². The van der Waals surface area contributed by atoms with Gasteiger partial charge in [0.15, 0.2) is 0 Å². The van der Waals surface area contributed by atoms with Gasteiger partial charge in [-0.2, -0.15) is 9.40 Å². The maximum Gasteiger partial charge on any atom is 0.246 e. The van der Waals surface area contributed by atoms with Crippen molar-refractivity contribution < 1.29 is 13.2 Å². The van der Waals surface area contributed by atoms with Crippen molar-refractivity contribution in [1.82, 2.24) is 14.1 Å². The van der Waals surface area contributed by atoms with E-state index in [0.717, 1.165) is 12.8 Å². The first-order valence-corrected chi connectivity index (χ1v) is 10.7. The summed E-state index contributed by atoms with van der Waals surface area (Å²) in [7, 11) is -3.56. The van der Waals surface area contributed by atoms with Crippen LogP contribution in [0.3, 0.4) is 0 Å². The molecule has 0 radical (unpaired) electrons. The Kier molecular flexibility index (Phi) is 5.16. The lowest BCUT2D eigenvalue weighted by Gasteiger charge is -2.16. The summed E-state index contributed by atoms with van der Waals surface area (Å²) in [6.07, 6.45) is 2.89. The van der Waals surface area contributed by atoms with Gasteiger partial charge in [0, 0.05) is 24.2 Å². The second-order valence-corrected chi connectivity index (χ2v) is 8.81. The van der Waals surface area contributed by atoms with Crippen LogP contribution in [0, 0.1) is 0 Å². The molecule has 0 aliphatic carbocycles. The van der Waals surface area contributed by atoms with Crippen LogP contribution in [0.25, 0.3) is 10.9 Å². The molecule has 1 saturated heterocycles. The number of hydrogen-bond donors (Lipinski definition) is 1. The summed E-state index contributed by atoms with van der Waals surface area (Å²) in [5.74, 6) is -0.373. The molecule has 0 unspecified atom stereocenters. The topological polar surface area (TPSA) is 101 Å². The maximum atomic E-state index is 12.7. The molecular formula is C20H20N4O4S. The highest BCUT2D eigenvalue weighted by Gasteiger charge is 2.27. The fourth-order valence-corrected chi connectivity index (χ4v) is 5.00. The van der Waals surface area contributed by atoms with E-state index in [0.29, 0.717) is 29.7 Å². The van der Waals surface area contributed by atoms with Crippen molar-refractivity contribution >= 4 is 32.5 Å². The molecule has 9 heteroatoms. The Balaban J connectivity index is 1.54. The van der Waals surface area contributed by atoms with Gasteiger partial charge in [0.1, 0.15) is 6.54 Å². The highest BCUT2D eigenvalue weighted by Crippen LogP contribution is 2.23. The van der Waals surface area contributed by atoms with Crippen LogP contribution in [-0.4, -0.2) is 41.5 Å². The number of nitrogens with zero attached hydrogens (tertiary/aromatic N) is 3. The van der Waals surface area contributed by atoms with E-state index in [1.54, 1.807) is 36.4 Å². The van der Waals surface area contributed by atoms with Gasteiger partial charge in [-0.25, -0.2) is 8.42 Å². The molecule has 1 aliphatic heterocycles. The van der Waals surface area contributed by atoms with Crippen LogP contribution in [-0.2, 0) is 21.4 Å². The molecule has 3 aromatic rings. The smallest absolute Gasteiger partial charge is 0.246 e. The molecule has 2 heterocycles. The molecule has 1 aromatic heterocycles. The van der Waals surface area contributed by atoms with Crippen LogP contribution in [0.2, 0.25) is 0 Å². The molecule has 0 saturated carbocycles. The van der Waals surface area contributed by atoms with Crippen molar-refractivity contribution in [2.45, 2.75) is 24.3 Å². The van der Waals surface area contributed by atoms with Gasteiger partial charge in [0.2, 0.25) is 21.4 Å². The zero-order valence-electron chi connectivity index (χ0n) is 15.6. The number of aromatic nitrogens is 2. The van der Waals surface area contributed by atoms with E-state index in [1.807, 2.05) is 0 Å². The first kappa shape index (κ1) is 19.3. The second kappa shape index (κ2) is 7.76. The minimum atomic E-state index is -3.56. The summed E-state index contributed by atoms with van der Waals surface area (Å²) in [5.41, 5.74) is 0.734. The number of fused-ring (bicyclic) bond motifs is 1. The molecule has 1 N–H and O–H groups in total. The Morgan fingerprint density at radius 3 is 2.62 bits per heavy atom. The van der Waals surface area contributed by atoms with E-state index in [-0.39, 0.29) is 22.8 Å². The largest absolute Gasteiger partial charge is 0.324 e.